The Kier molecular flexibility index (Phi) is 3.80. The van der Waals surface area contributed by atoms with Crippen LogP contribution in [-0.4, -0.2) is 25.7 Å². The lowest BCUT2D eigenvalue weighted by atomic mass is 10.0. The highest BCUT2D eigenvalue weighted by Crippen LogP contribution is 2.28. The van der Waals surface area contributed by atoms with Gasteiger partial charge < -0.3 is 5.32 Å². The highest BCUT2D eigenvalue weighted by atomic mass is 16.2. The Hall–Kier alpha value is -3.02. The van der Waals surface area contributed by atoms with Gasteiger partial charge in [0.1, 0.15) is 5.82 Å². The van der Waals surface area contributed by atoms with Gasteiger partial charge in [0.25, 0.3) is 5.91 Å². The zero-order chi connectivity index (χ0) is 17.4. The molecule has 1 amide bonds. The van der Waals surface area contributed by atoms with Crippen LogP contribution in [0.25, 0.3) is 5.82 Å². The molecule has 6 nitrogen and oxygen atoms in total. The Morgan fingerprint density at radius 1 is 1.16 bits per heavy atom. The van der Waals surface area contributed by atoms with Gasteiger partial charge in [-0.2, -0.15) is 4.68 Å². The molecule has 0 spiro atoms. The van der Waals surface area contributed by atoms with Crippen molar-refractivity contribution in [2.24, 2.45) is 0 Å². The van der Waals surface area contributed by atoms with E-state index in [0.717, 1.165) is 28.6 Å². The van der Waals surface area contributed by atoms with Crippen LogP contribution in [0.3, 0.4) is 0 Å². The number of aromatic nitrogens is 4. The molecular formula is C19H19N5O. The van der Waals surface area contributed by atoms with E-state index in [1.54, 1.807) is 10.9 Å². The van der Waals surface area contributed by atoms with Crippen molar-refractivity contribution in [1.82, 2.24) is 25.1 Å². The number of pyridine rings is 1. The Morgan fingerprint density at radius 3 is 2.72 bits per heavy atom. The number of fused-ring (bicyclic) bond motifs is 1. The minimum atomic E-state index is -0.102. The average molecular weight is 333 g/mol. The van der Waals surface area contributed by atoms with E-state index in [9.17, 15) is 4.79 Å². The van der Waals surface area contributed by atoms with Gasteiger partial charge >= 0.3 is 0 Å². The minimum absolute atomic E-state index is 0.0337. The largest absolute Gasteiger partial charge is 0.345 e. The van der Waals surface area contributed by atoms with E-state index >= 15 is 0 Å². The number of rotatable bonds is 4. The number of hydrogen-bond acceptors (Lipinski definition) is 4. The second kappa shape index (κ2) is 6.12. The third-order valence-corrected chi connectivity index (χ3v) is 4.35. The van der Waals surface area contributed by atoms with Crippen LogP contribution in [-0.2, 0) is 6.42 Å². The summed E-state index contributed by atoms with van der Waals surface area (Å²) < 4.78 is 1.78. The molecule has 25 heavy (non-hydrogen) atoms. The summed E-state index contributed by atoms with van der Waals surface area (Å²) in [7, 11) is 0. The van der Waals surface area contributed by atoms with Crippen LogP contribution in [0.2, 0.25) is 0 Å². The zero-order valence-corrected chi connectivity index (χ0v) is 14.2. The maximum atomic E-state index is 12.2. The van der Waals surface area contributed by atoms with Crippen molar-refractivity contribution >= 4 is 5.91 Å². The quantitative estimate of drug-likeness (QED) is 0.797. The van der Waals surface area contributed by atoms with Gasteiger partial charge in [-0.15, -0.1) is 5.10 Å². The highest BCUT2D eigenvalue weighted by Gasteiger charge is 2.30. The highest BCUT2D eigenvalue weighted by molar-refractivity contribution is 5.99. The molecule has 1 atom stereocenters. The monoisotopic (exact) mass is 333 g/mol. The van der Waals surface area contributed by atoms with Crippen LogP contribution in [0.1, 0.15) is 53.4 Å². The predicted molar refractivity (Wildman–Crippen MR) is 93.6 cm³/mol. The van der Waals surface area contributed by atoms with Crippen molar-refractivity contribution in [2.45, 2.75) is 32.2 Å². The molecule has 1 aliphatic heterocycles. The molecule has 1 N–H and O–H groups in total. The Balaban J connectivity index is 1.73. The fraction of sp³-hybridized carbons (Fsp3) is 0.263. The van der Waals surface area contributed by atoms with Crippen LogP contribution < -0.4 is 5.32 Å². The summed E-state index contributed by atoms with van der Waals surface area (Å²) in [5.74, 6) is 2.49. The first-order chi connectivity index (χ1) is 12.1. The smallest absolute Gasteiger partial charge is 0.252 e. The van der Waals surface area contributed by atoms with Gasteiger partial charge in [-0.3, -0.25) is 4.79 Å². The average Bonchev–Trinajstić information content (AvgIpc) is 3.19. The molecule has 0 saturated heterocycles. The topological polar surface area (TPSA) is 72.7 Å². The lowest BCUT2D eigenvalue weighted by molar-refractivity contribution is 0.0956. The lowest BCUT2D eigenvalue weighted by Gasteiger charge is -2.11. The molecular weight excluding hydrogens is 314 g/mol. The van der Waals surface area contributed by atoms with Crippen molar-refractivity contribution in [3.05, 3.63) is 71.4 Å². The fourth-order valence-electron chi connectivity index (χ4n) is 3.07. The standard InChI is InChI=1S/C19H19N5O/c1-12(2)18-22-17(24(23-18)16-9-5-6-10-20-16)11-15-13-7-3-4-8-14(13)19(25)21-15/h3-10,12,15H,11H2,1-2H3,(H,21,25)/t15-/m1/s1. The summed E-state index contributed by atoms with van der Waals surface area (Å²) in [4.78, 5) is 21.3. The van der Waals surface area contributed by atoms with Gasteiger partial charge in [-0.1, -0.05) is 38.1 Å². The fourth-order valence-corrected chi connectivity index (χ4v) is 3.07. The van der Waals surface area contributed by atoms with Crippen molar-refractivity contribution in [2.75, 3.05) is 0 Å². The van der Waals surface area contributed by atoms with E-state index < -0.39 is 0 Å². The maximum Gasteiger partial charge on any atom is 0.252 e. The molecule has 0 saturated carbocycles. The van der Waals surface area contributed by atoms with Gasteiger partial charge in [-0.05, 0) is 23.8 Å². The summed E-state index contributed by atoms with van der Waals surface area (Å²) in [6, 6.07) is 13.3. The first-order valence-electron chi connectivity index (χ1n) is 8.40. The molecule has 4 rings (SSSR count). The molecule has 2 aromatic heterocycles. The van der Waals surface area contributed by atoms with Crippen molar-refractivity contribution in [1.29, 1.82) is 0 Å². The molecule has 126 valence electrons. The number of nitrogens with zero attached hydrogens (tertiary/aromatic N) is 4. The van der Waals surface area contributed by atoms with Gasteiger partial charge in [0, 0.05) is 24.1 Å². The number of carbonyl (C=O) groups excluding carboxylic acids is 1. The number of amides is 1. The first kappa shape index (κ1) is 15.5. The molecule has 6 heteroatoms. The van der Waals surface area contributed by atoms with Crippen molar-refractivity contribution in [3.63, 3.8) is 0 Å². The van der Waals surface area contributed by atoms with Crippen LogP contribution in [0.15, 0.2) is 48.7 Å². The molecule has 1 aliphatic rings. The van der Waals surface area contributed by atoms with Crippen LogP contribution in [0.4, 0.5) is 0 Å². The van der Waals surface area contributed by atoms with E-state index in [2.05, 4.69) is 29.2 Å². The molecule has 3 heterocycles. The van der Waals surface area contributed by atoms with E-state index in [1.807, 2.05) is 42.5 Å². The maximum absolute atomic E-state index is 12.2. The van der Waals surface area contributed by atoms with Gasteiger partial charge in [0.2, 0.25) is 0 Å². The number of carbonyl (C=O) groups is 1. The molecule has 0 bridgehead atoms. The van der Waals surface area contributed by atoms with E-state index in [4.69, 9.17) is 4.98 Å². The summed E-state index contributed by atoms with van der Waals surface area (Å²) in [5.41, 5.74) is 1.75. The SMILES string of the molecule is CC(C)c1nc(C[C@H]2NC(=O)c3ccccc32)n(-c2ccccn2)n1. The second-order valence-corrected chi connectivity index (χ2v) is 6.46. The van der Waals surface area contributed by atoms with Gasteiger partial charge in [0.05, 0.1) is 6.04 Å². The summed E-state index contributed by atoms with van der Waals surface area (Å²) in [6.45, 7) is 4.13. The zero-order valence-electron chi connectivity index (χ0n) is 14.2. The van der Waals surface area contributed by atoms with Gasteiger partial charge in [0.15, 0.2) is 11.6 Å². The first-order valence-corrected chi connectivity index (χ1v) is 8.40. The molecule has 0 unspecified atom stereocenters. The van der Waals surface area contributed by atoms with Crippen LogP contribution >= 0.6 is 0 Å². The Morgan fingerprint density at radius 2 is 1.96 bits per heavy atom. The third-order valence-electron chi connectivity index (χ3n) is 4.35. The Labute approximate surface area is 145 Å². The summed E-state index contributed by atoms with van der Waals surface area (Å²) in [5, 5.41) is 7.67. The van der Waals surface area contributed by atoms with Crippen LogP contribution in [0, 0.1) is 0 Å². The Bertz CT molecular complexity index is 917. The molecule has 3 aromatic rings. The van der Waals surface area contributed by atoms with E-state index in [1.165, 1.54) is 0 Å². The lowest BCUT2D eigenvalue weighted by Crippen LogP contribution is -2.22. The van der Waals surface area contributed by atoms with Gasteiger partial charge in [-0.25, -0.2) is 9.97 Å². The van der Waals surface area contributed by atoms with Crippen molar-refractivity contribution < 1.29 is 4.79 Å². The number of benzene rings is 1. The third kappa shape index (κ3) is 2.80. The number of nitrogens with one attached hydrogen (secondary N) is 1. The number of hydrogen-bond donors (Lipinski definition) is 1. The summed E-state index contributed by atoms with van der Waals surface area (Å²) >= 11 is 0. The molecule has 0 radical (unpaired) electrons. The minimum Gasteiger partial charge on any atom is -0.345 e. The van der Waals surface area contributed by atoms with Crippen LogP contribution in [0.5, 0.6) is 0 Å². The van der Waals surface area contributed by atoms with E-state index in [0.29, 0.717) is 6.42 Å². The van der Waals surface area contributed by atoms with E-state index in [-0.39, 0.29) is 17.9 Å². The molecule has 1 aromatic carbocycles. The molecule has 0 fully saturated rings. The summed E-state index contributed by atoms with van der Waals surface area (Å²) in [6.07, 6.45) is 2.31. The predicted octanol–water partition coefficient (Wildman–Crippen LogP) is 2.81. The second-order valence-electron chi connectivity index (χ2n) is 6.46. The van der Waals surface area contributed by atoms with Crippen molar-refractivity contribution in [3.8, 4) is 5.82 Å². The normalized spacial score (nSPS) is 16.1. The molecule has 0 aliphatic carbocycles.